The zero-order valence-electron chi connectivity index (χ0n) is 45.1. The number of sulfonamides is 1. The summed E-state index contributed by atoms with van der Waals surface area (Å²) in [5, 5.41) is 16.3. The molecule has 0 aliphatic carbocycles. The van der Waals surface area contributed by atoms with Gasteiger partial charge in [-0.15, -0.1) is 0 Å². The lowest BCUT2D eigenvalue weighted by Crippen LogP contribution is -2.37. The van der Waals surface area contributed by atoms with Gasteiger partial charge in [0.15, 0.2) is 15.5 Å². The van der Waals surface area contributed by atoms with Crippen LogP contribution in [0.4, 0.5) is 10.5 Å². The van der Waals surface area contributed by atoms with E-state index in [1.54, 1.807) is 44.2 Å². The number of rotatable bonds is 31. The molecule has 0 fully saturated rings. The SMILES string of the molecule is [C-]#[N+]c1cc(Cl)cc2c1CN(C)CC2c1ccc(C)c(S(=O)(=O)NCCOCCOCCCC(=O)CCCCCNC(=O)NCCOCCOCCCS(=O)(=O)c2cc(C3CN(C)Cc4c(C#N)cc(Cl)cc43)ccc2C)c1. The van der Waals surface area contributed by atoms with Crippen LogP contribution in [0.2, 0.25) is 10.0 Å². The second-order valence-corrected chi connectivity index (χ2v) is 24.6. The van der Waals surface area contributed by atoms with Gasteiger partial charge in [0.1, 0.15) is 5.78 Å². The van der Waals surface area contributed by atoms with Gasteiger partial charge in [-0.25, -0.2) is 31.2 Å². The van der Waals surface area contributed by atoms with Crippen LogP contribution in [0, 0.1) is 31.8 Å². The third-order valence-corrected chi connectivity index (χ3v) is 17.8. The lowest BCUT2D eigenvalue weighted by atomic mass is 9.83. The molecule has 2 aliphatic rings. The zero-order valence-corrected chi connectivity index (χ0v) is 48.3. The molecule has 0 saturated carbocycles. The molecule has 4 aromatic rings. The van der Waals surface area contributed by atoms with Crippen molar-refractivity contribution in [1.29, 1.82) is 5.26 Å². The molecule has 2 unspecified atom stereocenters. The first-order chi connectivity index (χ1) is 37.4. The summed E-state index contributed by atoms with van der Waals surface area (Å²) >= 11 is 12.8. The van der Waals surface area contributed by atoms with E-state index >= 15 is 0 Å². The standard InChI is InChI=1S/C57H73Cl2N7O10S2/c1-40-13-15-42(50-36-65(4)38-52-44(35-60)29-45(58)32-48(50)52)30-55(40)77(69,70)28-10-21-74-25-26-75-22-18-63-57(68)62-17-8-6-7-11-47(67)12-9-20-73-24-27-76-23-19-64-78(71,72)56-31-43(16-14-41(56)2)51-37-66(5)39-53-49(51)33-46(59)34-54(53)61-3/h13-16,29-34,50-51,64H,6-12,17-28,36-39H2,1-2,4-5H3,(H2,62,63,68). The molecule has 78 heavy (non-hydrogen) atoms. The minimum Gasteiger partial charge on any atom is -0.379 e. The van der Waals surface area contributed by atoms with E-state index in [-0.39, 0.29) is 73.9 Å². The molecule has 422 valence electrons. The average Bonchev–Trinajstić information content (AvgIpc) is 3.53. The largest absolute Gasteiger partial charge is 0.379 e. The topological polar surface area (TPSA) is 210 Å². The van der Waals surface area contributed by atoms with Crippen LogP contribution in [0.25, 0.3) is 4.85 Å². The maximum atomic E-state index is 13.5. The van der Waals surface area contributed by atoms with Crippen molar-refractivity contribution < 1.29 is 45.4 Å². The Morgan fingerprint density at radius 1 is 0.667 bits per heavy atom. The predicted octanol–water partition coefficient (Wildman–Crippen LogP) is 8.60. The molecule has 4 aromatic carbocycles. The summed E-state index contributed by atoms with van der Waals surface area (Å²) in [5.41, 5.74) is 7.73. The highest BCUT2D eigenvalue weighted by atomic mass is 35.5. The number of carbonyl (C=O) groups is 2. The molecule has 0 saturated heterocycles. The fourth-order valence-corrected chi connectivity index (χ4v) is 13.2. The smallest absolute Gasteiger partial charge is 0.314 e. The Labute approximate surface area is 471 Å². The van der Waals surface area contributed by atoms with Gasteiger partial charge in [0, 0.05) is 93.7 Å². The number of urea groups is 1. The number of unbranched alkanes of at least 4 members (excludes halogenated alkanes) is 2. The van der Waals surface area contributed by atoms with Gasteiger partial charge in [0.05, 0.1) is 73.4 Å². The Morgan fingerprint density at radius 3 is 1.85 bits per heavy atom. The number of nitrogens with zero attached hydrogens (tertiary/aromatic N) is 4. The minimum atomic E-state index is -3.84. The second-order valence-electron chi connectivity index (χ2n) is 19.9. The van der Waals surface area contributed by atoms with Gasteiger partial charge >= 0.3 is 6.03 Å². The number of likely N-dealkylation sites (N-methyl/N-ethyl adjacent to an activating group) is 2. The molecule has 0 radical (unpaired) electrons. The fraction of sp³-hybridized carbons (Fsp3) is 0.509. The van der Waals surface area contributed by atoms with Gasteiger partial charge in [-0.1, -0.05) is 53.9 Å². The average molecular weight is 1150 g/mol. The van der Waals surface area contributed by atoms with E-state index in [0.717, 1.165) is 52.6 Å². The quantitative estimate of drug-likeness (QED) is 0.0319. The lowest BCUT2D eigenvalue weighted by molar-refractivity contribution is -0.119. The molecule has 17 nitrogen and oxygen atoms in total. The van der Waals surface area contributed by atoms with E-state index < -0.39 is 19.9 Å². The molecule has 6 rings (SSSR count). The van der Waals surface area contributed by atoms with E-state index in [2.05, 4.69) is 36.1 Å². The molecule has 0 spiro atoms. The van der Waals surface area contributed by atoms with Crippen LogP contribution < -0.4 is 15.4 Å². The van der Waals surface area contributed by atoms with Crippen molar-refractivity contribution >= 4 is 60.6 Å². The lowest BCUT2D eigenvalue weighted by Gasteiger charge is -2.34. The van der Waals surface area contributed by atoms with Crippen molar-refractivity contribution in [3.8, 4) is 6.07 Å². The van der Waals surface area contributed by atoms with Crippen molar-refractivity contribution in [3.05, 3.63) is 132 Å². The third-order valence-electron chi connectivity index (χ3n) is 13.8. The highest BCUT2D eigenvalue weighted by Crippen LogP contribution is 2.41. The molecule has 3 N–H and O–H groups in total. The number of hydrogen-bond acceptors (Lipinski definition) is 13. The Kier molecular flexibility index (Phi) is 24.4. The molecular weight excluding hydrogens is 1080 g/mol. The predicted molar refractivity (Wildman–Crippen MR) is 302 cm³/mol. The van der Waals surface area contributed by atoms with Crippen molar-refractivity contribution in [2.45, 2.75) is 93.5 Å². The molecule has 0 bridgehead atoms. The van der Waals surface area contributed by atoms with Crippen LogP contribution >= 0.6 is 23.2 Å². The highest BCUT2D eigenvalue weighted by Gasteiger charge is 2.31. The first-order valence-corrected chi connectivity index (χ1v) is 30.4. The number of nitrogens with one attached hydrogen (secondary N) is 3. The van der Waals surface area contributed by atoms with Gasteiger partial charge in [-0.05, 0) is 135 Å². The molecule has 2 amide bonds. The number of halogens is 2. The fourth-order valence-electron chi connectivity index (χ4n) is 9.87. The Balaban J connectivity index is 0.728. The summed E-state index contributed by atoms with van der Waals surface area (Å²) in [6.45, 7) is 16.9. The van der Waals surface area contributed by atoms with Crippen molar-refractivity contribution in [2.24, 2.45) is 0 Å². The number of sulfone groups is 1. The number of carbonyl (C=O) groups excluding carboxylic acids is 2. The van der Waals surface area contributed by atoms with Crippen molar-refractivity contribution in [2.75, 3.05) is 105 Å². The number of fused-ring (bicyclic) bond motifs is 2. The number of ketones is 1. The van der Waals surface area contributed by atoms with Crippen LogP contribution in [0.15, 0.2) is 70.5 Å². The van der Waals surface area contributed by atoms with Gasteiger partial charge in [0.2, 0.25) is 10.0 Å². The maximum absolute atomic E-state index is 13.5. The van der Waals surface area contributed by atoms with E-state index in [9.17, 15) is 31.7 Å². The number of hydrogen-bond donors (Lipinski definition) is 3. The van der Waals surface area contributed by atoms with E-state index in [0.29, 0.717) is 122 Å². The summed E-state index contributed by atoms with van der Waals surface area (Å²) in [7, 11) is -3.48. The number of nitriles is 1. The zero-order chi connectivity index (χ0) is 56.2. The number of ether oxygens (including phenoxy) is 4. The first-order valence-electron chi connectivity index (χ1n) is 26.5. The van der Waals surface area contributed by atoms with Gasteiger partial charge < -0.3 is 39.4 Å². The summed E-state index contributed by atoms with van der Waals surface area (Å²) in [6.07, 6.45) is 4.06. The van der Waals surface area contributed by atoms with Crippen molar-refractivity contribution in [1.82, 2.24) is 25.2 Å². The summed E-state index contributed by atoms with van der Waals surface area (Å²) in [6, 6.07) is 20.1. The summed E-state index contributed by atoms with van der Waals surface area (Å²) in [4.78, 5) is 33.0. The minimum absolute atomic E-state index is 0.0708. The molecule has 2 atom stereocenters. The second kappa shape index (κ2) is 30.5. The van der Waals surface area contributed by atoms with Gasteiger partial charge in [0.25, 0.3) is 0 Å². The normalized spacial score (nSPS) is 15.7. The Bertz CT molecular complexity index is 2820. The van der Waals surface area contributed by atoms with Gasteiger partial charge in [-0.3, -0.25) is 4.79 Å². The van der Waals surface area contributed by atoms with Gasteiger partial charge in [-0.2, -0.15) is 5.26 Å². The number of benzene rings is 4. The number of amides is 2. The van der Waals surface area contributed by atoms with Crippen LogP contribution in [0.3, 0.4) is 0 Å². The monoisotopic (exact) mass is 1150 g/mol. The van der Waals surface area contributed by atoms with E-state index in [4.69, 9.17) is 48.7 Å². The van der Waals surface area contributed by atoms with E-state index in [1.165, 1.54) is 0 Å². The van der Waals surface area contributed by atoms with E-state index in [1.807, 2.05) is 44.4 Å². The van der Waals surface area contributed by atoms with Crippen LogP contribution in [0.1, 0.15) is 107 Å². The van der Waals surface area contributed by atoms with Crippen molar-refractivity contribution in [3.63, 3.8) is 0 Å². The molecule has 2 heterocycles. The summed E-state index contributed by atoms with van der Waals surface area (Å²) < 4.78 is 78.8. The first kappa shape index (κ1) is 62.2. The molecule has 2 aliphatic heterocycles. The Morgan fingerprint density at radius 2 is 1.21 bits per heavy atom. The Hall–Kier alpha value is -5.00. The van der Waals surface area contributed by atoms with Crippen LogP contribution in [0.5, 0.6) is 0 Å². The number of aryl methyl sites for hydroxylation is 2. The number of Topliss-reactive ketones (excluding diaryl/α,β-unsaturated/α-hetero) is 1. The highest BCUT2D eigenvalue weighted by molar-refractivity contribution is 7.91. The third kappa shape index (κ3) is 18.3. The van der Waals surface area contributed by atoms with Crippen LogP contribution in [-0.2, 0) is 56.7 Å². The maximum Gasteiger partial charge on any atom is 0.314 e. The molecule has 21 heteroatoms. The summed E-state index contributed by atoms with van der Waals surface area (Å²) in [5.74, 6) is -0.196. The molecular formula is C57H73Cl2N7O10S2. The van der Waals surface area contributed by atoms with Crippen LogP contribution in [-0.4, -0.2) is 144 Å². The molecule has 0 aromatic heterocycles.